The molecule has 12 saturated heterocycles. The highest BCUT2D eigenvalue weighted by molar-refractivity contribution is 5.50. The maximum absolute atomic E-state index is 5.95. The first-order valence-electron chi connectivity index (χ1n) is 33.7. The van der Waals surface area contributed by atoms with Gasteiger partial charge in [-0.2, -0.15) is 44.9 Å². The van der Waals surface area contributed by atoms with E-state index in [1.807, 2.05) is 0 Å². The van der Waals surface area contributed by atoms with Crippen LogP contribution in [0.15, 0.2) is 0 Å². The van der Waals surface area contributed by atoms with Crippen molar-refractivity contribution in [1.29, 1.82) is 0 Å². The maximum Gasteiger partial charge on any atom is 0.235 e. The van der Waals surface area contributed by atoms with E-state index in [2.05, 4.69) is 29.7 Å². The molecule has 552 valence electrons. The topological polar surface area (TPSA) is 507 Å². The van der Waals surface area contributed by atoms with Crippen LogP contribution >= 0.6 is 0 Å². The molecular weight excluding hydrogens is 1310 g/mol. The van der Waals surface area contributed by atoms with Crippen LogP contribution in [-0.2, 0) is 85.3 Å². The summed E-state index contributed by atoms with van der Waals surface area (Å²) in [6.07, 6.45) is 1.93. The van der Waals surface area contributed by atoms with Crippen LogP contribution in [0.3, 0.4) is 0 Å². The molecule has 12 aliphatic heterocycles. The van der Waals surface area contributed by atoms with Crippen LogP contribution in [-0.4, -0.2) is 357 Å². The highest BCUT2D eigenvalue weighted by Gasteiger charge is 2.39. The lowest BCUT2D eigenvalue weighted by molar-refractivity contribution is 0.0672. The zero-order chi connectivity index (χ0) is 67.9. The monoisotopic (exact) mass is 1400 g/mol. The number of nitrogens with zero attached hydrogens (tertiary/aromatic N) is 18. The Kier molecular flexibility index (Phi) is 25.7. The van der Waals surface area contributed by atoms with Crippen molar-refractivity contribution in [3.63, 3.8) is 0 Å². The average molecular weight is 1410 g/mol. The molecule has 99 heavy (non-hydrogen) atoms. The zero-order valence-electron chi connectivity index (χ0n) is 55.7. The van der Waals surface area contributed by atoms with E-state index in [4.69, 9.17) is 150 Å². The minimum atomic E-state index is 0.100. The molecule has 42 nitrogen and oxygen atoms in total. The number of ether oxygens (including phenoxy) is 18. The Morgan fingerprint density at radius 1 is 0.212 bits per heavy atom. The SMILES string of the molecule is C(OCN(COCC1CO1)c1nc(N(COCC2CO2)COCC2CO2)nc(N(COCC2CO2)COCC2CO2)n1)C1CO1.C1OC1CN(CC1CO1)c1nc(N(CC2CO2)CC2CO2)nc(N(CC2CO2)CC2CO2)n1.NCN(CN)c1nc(N(CN)CN)nc(N(CN)CN)n1. The van der Waals surface area contributed by atoms with Crippen molar-refractivity contribution in [2.75, 3.05) is 283 Å². The van der Waals surface area contributed by atoms with Crippen molar-refractivity contribution in [3.05, 3.63) is 0 Å². The Hall–Kier alpha value is -5.73. The summed E-state index contributed by atoms with van der Waals surface area (Å²) in [6, 6.07) is 0. The summed E-state index contributed by atoms with van der Waals surface area (Å²) in [5.74, 6) is 3.92. The molecule has 12 atom stereocenters. The third kappa shape index (κ3) is 24.8. The summed E-state index contributed by atoms with van der Waals surface area (Å²) in [4.78, 5) is 58.8. The van der Waals surface area contributed by atoms with Crippen LogP contribution in [0.25, 0.3) is 0 Å². The first-order valence-corrected chi connectivity index (χ1v) is 33.7. The molecule has 15 heterocycles. The standard InChI is InChI=1S/C27H42N6O12.C21H30N6O6.C9H24N12/c1(19-7-40-19)34-13-31(14-35-2-20-8-41-20)25-28-26(32(15-36-3-21-9-42-21)16-37-4-22-10-43-22)30-27(29-25)33(17-38-5-23-11-44-23)18-39-6-24-12-45-24;1(13-7-28-13)25(2-14-8-29-14)19-22-20(26(3-15-9-30-15)4-16-10-31-16)24-21(23-19)27(5-17-11-32-17)6-18-12-33-18;10-1-19(2-11)7-16-8(20(3-12)4-13)18-9(17-7)21(5-14)6-15/h19-24H,1-18H2;13-18H,1-12H2;1-6,10-15H2. The number of aromatic nitrogens is 9. The molecule has 42 heteroatoms. The molecule has 0 aromatic carbocycles. The summed E-state index contributed by atoms with van der Waals surface area (Å²) < 4.78 is 101. The van der Waals surface area contributed by atoms with E-state index in [1.54, 1.807) is 29.4 Å². The van der Waals surface area contributed by atoms with Gasteiger partial charge in [0.25, 0.3) is 0 Å². The van der Waals surface area contributed by atoms with Gasteiger partial charge in [-0.25, -0.2) is 0 Å². The molecular formula is C57H96N24O18. The van der Waals surface area contributed by atoms with Gasteiger partial charge in [0.1, 0.15) is 77.0 Å². The van der Waals surface area contributed by atoms with E-state index in [9.17, 15) is 0 Å². The molecule has 0 aliphatic carbocycles. The zero-order valence-corrected chi connectivity index (χ0v) is 55.7. The lowest BCUT2D eigenvalue weighted by Gasteiger charge is -2.28. The van der Waals surface area contributed by atoms with Crippen LogP contribution in [0.4, 0.5) is 53.5 Å². The van der Waals surface area contributed by atoms with Crippen LogP contribution < -0.4 is 78.5 Å². The normalized spacial score (nSPS) is 26.7. The molecule has 12 unspecified atom stereocenters. The first kappa shape index (κ1) is 71.7. The number of epoxide rings is 12. The third-order valence-corrected chi connectivity index (χ3v) is 16.3. The van der Waals surface area contributed by atoms with Gasteiger partial charge in [-0.05, 0) is 0 Å². The highest BCUT2D eigenvalue weighted by Crippen LogP contribution is 2.30. The number of rotatable bonds is 51. The molecule has 12 aliphatic rings. The first-order chi connectivity index (χ1) is 48.6. The van der Waals surface area contributed by atoms with Crippen molar-refractivity contribution in [2.45, 2.75) is 73.2 Å². The van der Waals surface area contributed by atoms with Crippen LogP contribution in [0, 0.1) is 0 Å². The van der Waals surface area contributed by atoms with Gasteiger partial charge >= 0.3 is 0 Å². The fourth-order valence-corrected chi connectivity index (χ4v) is 9.46. The Bertz CT molecular complexity index is 2490. The van der Waals surface area contributed by atoms with E-state index in [0.29, 0.717) is 133 Å². The Balaban J connectivity index is 0.000000143. The lowest BCUT2D eigenvalue weighted by Crippen LogP contribution is -2.41. The minimum Gasteiger partial charge on any atom is -0.371 e. The van der Waals surface area contributed by atoms with Crippen LogP contribution in [0.1, 0.15) is 0 Å². The number of nitrogens with two attached hydrogens (primary N) is 6. The summed E-state index contributed by atoms with van der Waals surface area (Å²) in [5.41, 5.74) is 33.7. The van der Waals surface area contributed by atoms with Gasteiger partial charge in [-0.3, -0.25) is 14.7 Å². The van der Waals surface area contributed by atoms with E-state index < -0.39 is 0 Å². The highest BCUT2D eigenvalue weighted by atomic mass is 16.6. The van der Waals surface area contributed by atoms with E-state index in [-0.39, 0.29) is 154 Å². The molecule has 3 aromatic rings. The van der Waals surface area contributed by atoms with Crippen molar-refractivity contribution in [3.8, 4) is 0 Å². The molecule has 0 saturated carbocycles. The van der Waals surface area contributed by atoms with Gasteiger partial charge in [0.05, 0.1) is 196 Å². The third-order valence-electron chi connectivity index (χ3n) is 16.3. The summed E-state index contributed by atoms with van der Waals surface area (Å²) in [6.45, 7) is 17.9. The van der Waals surface area contributed by atoms with Crippen LogP contribution in [0.5, 0.6) is 0 Å². The molecule has 0 spiro atoms. The maximum atomic E-state index is 5.95. The predicted octanol–water partition coefficient (Wildman–Crippen LogP) is -7.00. The van der Waals surface area contributed by atoms with E-state index in [0.717, 1.165) is 78.9 Å². The molecule has 12 N–H and O–H groups in total. The molecule has 0 bridgehead atoms. The van der Waals surface area contributed by atoms with Gasteiger partial charge in [0.2, 0.25) is 53.5 Å². The smallest absolute Gasteiger partial charge is 0.235 e. The van der Waals surface area contributed by atoms with Crippen molar-refractivity contribution >= 4 is 53.5 Å². The fraction of sp³-hybridized carbons (Fsp3) is 0.842. The molecule has 15 rings (SSSR count). The second kappa shape index (κ2) is 35.4. The Labute approximate surface area is 572 Å². The van der Waals surface area contributed by atoms with Gasteiger partial charge in [-0.15, -0.1) is 0 Å². The molecule has 0 radical (unpaired) electrons. The summed E-state index contributed by atoms with van der Waals surface area (Å²) in [5, 5.41) is 0. The Morgan fingerprint density at radius 3 is 0.475 bits per heavy atom. The van der Waals surface area contributed by atoms with Crippen molar-refractivity contribution in [2.24, 2.45) is 34.4 Å². The number of hydrogen-bond acceptors (Lipinski definition) is 42. The van der Waals surface area contributed by atoms with Gasteiger partial charge in [0.15, 0.2) is 0 Å². The van der Waals surface area contributed by atoms with E-state index in [1.165, 1.54) is 0 Å². The van der Waals surface area contributed by atoms with Gasteiger partial charge in [-0.1, -0.05) is 0 Å². The van der Waals surface area contributed by atoms with Gasteiger partial charge < -0.3 is 149 Å². The second-order valence-electron chi connectivity index (χ2n) is 25.2. The van der Waals surface area contributed by atoms with Gasteiger partial charge in [0, 0.05) is 39.3 Å². The Morgan fingerprint density at radius 2 is 0.343 bits per heavy atom. The lowest BCUT2D eigenvalue weighted by atomic mass is 10.3. The average Bonchev–Trinajstić information content (AvgIpc) is 1.58. The van der Waals surface area contributed by atoms with E-state index >= 15 is 0 Å². The minimum absolute atomic E-state index is 0.100. The fourth-order valence-electron chi connectivity index (χ4n) is 9.46. The molecule has 3 aromatic heterocycles. The number of hydrogen-bond donors (Lipinski definition) is 6. The van der Waals surface area contributed by atoms with Crippen molar-refractivity contribution in [1.82, 2.24) is 44.9 Å². The molecule has 0 amide bonds. The molecule has 12 fully saturated rings. The second-order valence-corrected chi connectivity index (χ2v) is 25.2. The largest absolute Gasteiger partial charge is 0.371 e. The summed E-state index contributed by atoms with van der Waals surface area (Å²) in [7, 11) is 0. The number of anilines is 9. The quantitative estimate of drug-likeness (QED) is 0.0226. The summed E-state index contributed by atoms with van der Waals surface area (Å²) >= 11 is 0. The van der Waals surface area contributed by atoms with Crippen LogP contribution in [0.2, 0.25) is 0 Å². The predicted molar refractivity (Wildman–Crippen MR) is 347 cm³/mol. The van der Waals surface area contributed by atoms with Crippen molar-refractivity contribution < 1.29 is 85.3 Å².